The molecule has 6 nitrogen and oxygen atoms in total. The van der Waals surface area contributed by atoms with Crippen LogP contribution in [0.5, 0.6) is 5.75 Å². The monoisotopic (exact) mass is 472 g/mol. The first-order valence-corrected chi connectivity index (χ1v) is 11.3. The van der Waals surface area contributed by atoms with E-state index in [4.69, 9.17) is 4.74 Å². The molecule has 0 aliphatic carbocycles. The molecule has 0 bridgehead atoms. The summed E-state index contributed by atoms with van der Waals surface area (Å²) in [6.07, 6.45) is 1.39. The summed E-state index contributed by atoms with van der Waals surface area (Å²) >= 11 is 3.14. The molecule has 1 amide bonds. The lowest BCUT2D eigenvalue weighted by Crippen LogP contribution is -2.33. The third-order valence-corrected chi connectivity index (χ3v) is 5.45. The fourth-order valence-corrected chi connectivity index (χ4v) is 3.80. The second kappa shape index (κ2) is 10.4. The van der Waals surface area contributed by atoms with Crippen molar-refractivity contribution >= 4 is 37.5 Å². The summed E-state index contributed by atoms with van der Waals surface area (Å²) in [5.41, 5.74) is -0.0395. The number of ether oxygens (including phenoxy) is 1. The van der Waals surface area contributed by atoms with Gasteiger partial charge in [0.25, 0.3) is 0 Å². The van der Waals surface area contributed by atoms with Gasteiger partial charge in [-0.15, -0.1) is 0 Å². The number of nitrogens with zero attached hydrogens (tertiary/aromatic N) is 1. The average Bonchev–Trinajstić information content (AvgIpc) is 2.63. The standard InChI is InChI=1S/C19H22BrFN2O4S/c1-28(25,26)23(18-10-9-15(20)14-17(18)21)12-5-8-19(24)22-11-13-27-16-6-3-2-4-7-16/h2-4,6-7,9-10,14H,5,8,11-13H2,1H3,(H,22,24). The summed E-state index contributed by atoms with van der Waals surface area (Å²) in [6.45, 7) is 0.672. The van der Waals surface area contributed by atoms with E-state index >= 15 is 0 Å². The Bertz CT molecular complexity index is 894. The number of nitrogens with one attached hydrogen (secondary N) is 1. The molecule has 2 aromatic carbocycles. The van der Waals surface area contributed by atoms with Gasteiger partial charge in [0.1, 0.15) is 18.2 Å². The Morgan fingerprint density at radius 3 is 2.57 bits per heavy atom. The first kappa shape index (κ1) is 22.2. The summed E-state index contributed by atoms with van der Waals surface area (Å²) < 4.78 is 45.1. The minimum atomic E-state index is -3.68. The van der Waals surface area contributed by atoms with Gasteiger partial charge >= 0.3 is 0 Å². The Hall–Kier alpha value is -2.13. The highest BCUT2D eigenvalue weighted by Gasteiger charge is 2.21. The first-order valence-electron chi connectivity index (χ1n) is 8.64. The van der Waals surface area contributed by atoms with Gasteiger partial charge in [-0.3, -0.25) is 9.10 Å². The van der Waals surface area contributed by atoms with Gasteiger partial charge in [-0.25, -0.2) is 12.8 Å². The van der Waals surface area contributed by atoms with E-state index in [0.717, 1.165) is 16.3 Å². The van der Waals surface area contributed by atoms with E-state index in [9.17, 15) is 17.6 Å². The highest BCUT2D eigenvalue weighted by atomic mass is 79.9. The Kier molecular flexibility index (Phi) is 8.25. The van der Waals surface area contributed by atoms with Gasteiger partial charge in [-0.1, -0.05) is 34.1 Å². The smallest absolute Gasteiger partial charge is 0.232 e. The van der Waals surface area contributed by atoms with Crippen LogP contribution in [-0.2, 0) is 14.8 Å². The molecule has 1 N–H and O–H groups in total. The molecular formula is C19H22BrFN2O4S. The molecule has 9 heteroatoms. The van der Waals surface area contributed by atoms with Gasteiger partial charge in [-0.05, 0) is 36.8 Å². The molecule has 0 fully saturated rings. The molecule has 0 atom stereocenters. The Labute approximate surface area is 172 Å². The lowest BCUT2D eigenvalue weighted by Gasteiger charge is -2.23. The van der Waals surface area contributed by atoms with E-state index in [0.29, 0.717) is 17.6 Å². The van der Waals surface area contributed by atoms with E-state index in [1.165, 1.54) is 12.1 Å². The van der Waals surface area contributed by atoms with Crippen molar-refractivity contribution in [3.05, 3.63) is 58.8 Å². The molecule has 0 aromatic heterocycles. The molecule has 0 aliphatic heterocycles. The fourth-order valence-electron chi connectivity index (χ4n) is 2.50. The predicted octanol–water partition coefficient (Wildman–Crippen LogP) is 3.33. The highest BCUT2D eigenvalue weighted by Crippen LogP contribution is 2.25. The van der Waals surface area contributed by atoms with Gasteiger partial charge in [0, 0.05) is 17.4 Å². The van der Waals surface area contributed by atoms with Crippen molar-refractivity contribution in [2.75, 3.05) is 30.3 Å². The van der Waals surface area contributed by atoms with Crippen molar-refractivity contribution in [3.63, 3.8) is 0 Å². The summed E-state index contributed by atoms with van der Waals surface area (Å²) in [7, 11) is -3.68. The maximum absolute atomic E-state index is 14.1. The zero-order valence-corrected chi connectivity index (χ0v) is 17.8. The molecule has 0 heterocycles. The van der Waals surface area contributed by atoms with Crippen LogP contribution in [0.1, 0.15) is 12.8 Å². The van der Waals surface area contributed by atoms with Crippen LogP contribution in [0.15, 0.2) is 53.0 Å². The number of amides is 1. The summed E-state index contributed by atoms with van der Waals surface area (Å²) in [5, 5.41) is 2.71. The van der Waals surface area contributed by atoms with Crippen molar-refractivity contribution in [1.29, 1.82) is 0 Å². The summed E-state index contributed by atoms with van der Waals surface area (Å²) in [5.74, 6) is -0.152. The quantitative estimate of drug-likeness (QED) is 0.538. The molecule has 0 radical (unpaired) electrons. The van der Waals surface area contributed by atoms with Gasteiger partial charge in [0.15, 0.2) is 0 Å². The number of rotatable bonds is 10. The van der Waals surface area contributed by atoms with Crippen LogP contribution in [0.2, 0.25) is 0 Å². The second-order valence-corrected chi connectivity index (χ2v) is 8.87. The molecule has 0 saturated carbocycles. The molecular weight excluding hydrogens is 451 g/mol. The molecule has 0 spiro atoms. The SMILES string of the molecule is CS(=O)(=O)N(CCCC(=O)NCCOc1ccccc1)c1ccc(Br)cc1F. The minimum Gasteiger partial charge on any atom is -0.492 e. The summed E-state index contributed by atoms with van der Waals surface area (Å²) in [6, 6.07) is 13.4. The van der Waals surface area contributed by atoms with Gasteiger partial charge in [0.2, 0.25) is 15.9 Å². The van der Waals surface area contributed by atoms with E-state index in [2.05, 4.69) is 21.2 Å². The number of carbonyl (C=O) groups is 1. The lowest BCUT2D eigenvalue weighted by molar-refractivity contribution is -0.121. The van der Waals surface area contributed by atoms with Gasteiger partial charge in [-0.2, -0.15) is 0 Å². The van der Waals surface area contributed by atoms with E-state index in [-0.39, 0.29) is 31.0 Å². The van der Waals surface area contributed by atoms with E-state index in [1.54, 1.807) is 6.07 Å². The van der Waals surface area contributed by atoms with Crippen molar-refractivity contribution in [2.24, 2.45) is 0 Å². The highest BCUT2D eigenvalue weighted by molar-refractivity contribution is 9.10. The van der Waals surface area contributed by atoms with Gasteiger partial charge in [0.05, 0.1) is 18.5 Å². The maximum atomic E-state index is 14.1. The number of hydrogen-bond acceptors (Lipinski definition) is 4. The number of hydrogen-bond donors (Lipinski definition) is 1. The number of para-hydroxylation sites is 1. The molecule has 2 aromatic rings. The van der Waals surface area contributed by atoms with Crippen LogP contribution in [0.4, 0.5) is 10.1 Å². The van der Waals surface area contributed by atoms with Gasteiger partial charge < -0.3 is 10.1 Å². The Morgan fingerprint density at radius 1 is 1.21 bits per heavy atom. The molecule has 0 aliphatic rings. The Morgan fingerprint density at radius 2 is 1.93 bits per heavy atom. The molecule has 2 rings (SSSR count). The van der Waals surface area contributed by atoms with Crippen molar-refractivity contribution in [1.82, 2.24) is 5.32 Å². The predicted molar refractivity (Wildman–Crippen MR) is 110 cm³/mol. The zero-order chi connectivity index (χ0) is 20.6. The van der Waals surface area contributed by atoms with E-state index in [1.807, 2.05) is 30.3 Å². The van der Waals surface area contributed by atoms with Crippen LogP contribution in [0.25, 0.3) is 0 Å². The first-order chi connectivity index (χ1) is 13.3. The molecule has 152 valence electrons. The Balaban J connectivity index is 1.79. The third-order valence-electron chi connectivity index (χ3n) is 3.78. The van der Waals surface area contributed by atoms with Crippen molar-refractivity contribution in [2.45, 2.75) is 12.8 Å². The average molecular weight is 473 g/mol. The lowest BCUT2D eigenvalue weighted by atomic mass is 10.2. The van der Waals surface area contributed by atoms with Crippen molar-refractivity contribution in [3.8, 4) is 5.75 Å². The van der Waals surface area contributed by atoms with Crippen LogP contribution in [0, 0.1) is 5.82 Å². The number of anilines is 1. The second-order valence-electron chi connectivity index (χ2n) is 6.05. The minimum absolute atomic E-state index is 0.00528. The third kappa shape index (κ3) is 7.12. The zero-order valence-electron chi connectivity index (χ0n) is 15.4. The molecule has 28 heavy (non-hydrogen) atoms. The van der Waals surface area contributed by atoms with E-state index < -0.39 is 15.8 Å². The normalized spacial score (nSPS) is 11.1. The topological polar surface area (TPSA) is 75.7 Å². The summed E-state index contributed by atoms with van der Waals surface area (Å²) in [4.78, 5) is 11.9. The van der Waals surface area contributed by atoms with Crippen molar-refractivity contribution < 1.29 is 22.3 Å². The molecule has 0 saturated heterocycles. The van der Waals surface area contributed by atoms with Crippen LogP contribution < -0.4 is 14.4 Å². The maximum Gasteiger partial charge on any atom is 0.232 e. The van der Waals surface area contributed by atoms with Crippen LogP contribution in [-0.4, -0.2) is 40.3 Å². The number of halogens is 2. The fraction of sp³-hybridized carbons (Fsp3) is 0.316. The van der Waals surface area contributed by atoms with Crippen LogP contribution >= 0.6 is 15.9 Å². The number of carbonyl (C=O) groups excluding carboxylic acids is 1. The van der Waals surface area contributed by atoms with Crippen LogP contribution in [0.3, 0.4) is 0 Å². The number of sulfonamides is 1. The number of benzene rings is 2. The largest absolute Gasteiger partial charge is 0.492 e. The molecule has 0 unspecified atom stereocenters.